The molecule has 0 aliphatic carbocycles. The van der Waals surface area contributed by atoms with Gasteiger partial charge in [-0.1, -0.05) is 6.58 Å². The number of carbonyl (C=O) groups is 1. The van der Waals surface area contributed by atoms with Gasteiger partial charge in [-0.05, 0) is 19.8 Å². The first-order valence-electron chi connectivity index (χ1n) is 6.88. The summed E-state index contributed by atoms with van der Waals surface area (Å²) < 4.78 is 19.9. The van der Waals surface area contributed by atoms with E-state index in [9.17, 15) is 4.79 Å². The third kappa shape index (κ3) is 9.91. The molecule has 6 nitrogen and oxygen atoms in total. The van der Waals surface area contributed by atoms with Crippen molar-refractivity contribution in [2.75, 3.05) is 39.6 Å². The van der Waals surface area contributed by atoms with Gasteiger partial charge in [0, 0.05) is 12.2 Å². The van der Waals surface area contributed by atoms with Crippen molar-refractivity contribution in [2.24, 2.45) is 0 Å². The minimum Gasteiger partial charge on any atom is -0.462 e. The lowest BCUT2D eigenvalue weighted by Gasteiger charge is -2.01. The summed E-state index contributed by atoms with van der Waals surface area (Å²) in [7, 11) is 0. The molecule has 0 spiro atoms. The molecule has 0 radical (unpaired) electrons. The third-order valence-corrected chi connectivity index (χ3v) is 2.55. The number of rotatable bonds is 9. The molecule has 2 unspecified atom stereocenters. The lowest BCUT2D eigenvalue weighted by atomic mass is 10.3. The first kappa shape index (κ1) is 17.1. The van der Waals surface area contributed by atoms with E-state index in [1.165, 1.54) is 0 Å². The van der Waals surface area contributed by atoms with Crippen LogP contribution in [0.3, 0.4) is 0 Å². The summed E-state index contributed by atoms with van der Waals surface area (Å²) in [4.78, 5) is 10.7. The summed E-state index contributed by atoms with van der Waals surface area (Å²) in [6.07, 6.45) is 2.16. The molecule has 2 heterocycles. The van der Waals surface area contributed by atoms with Gasteiger partial charge in [-0.3, -0.25) is 0 Å². The maximum absolute atomic E-state index is 10.7. The van der Waals surface area contributed by atoms with Crippen molar-refractivity contribution in [3.8, 4) is 0 Å². The molecule has 116 valence electrons. The zero-order valence-electron chi connectivity index (χ0n) is 12.0. The van der Waals surface area contributed by atoms with Crippen LogP contribution in [-0.4, -0.2) is 62.9 Å². The average molecular weight is 288 g/mol. The van der Waals surface area contributed by atoms with Crippen LogP contribution in [0.2, 0.25) is 0 Å². The second-order valence-corrected chi connectivity index (χ2v) is 4.80. The van der Waals surface area contributed by atoms with Crippen molar-refractivity contribution < 1.29 is 28.8 Å². The van der Waals surface area contributed by atoms with E-state index in [1.807, 2.05) is 0 Å². The van der Waals surface area contributed by atoms with E-state index >= 15 is 0 Å². The van der Waals surface area contributed by atoms with Gasteiger partial charge in [0.2, 0.25) is 0 Å². The van der Waals surface area contributed by atoms with Gasteiger partial charge in [-0.25, -0.2) is 4.79 Å². The molecule has 0 aromatic rings. The smallest absolute Gasteiger partial charge is 0.333 e. The molecule has 2 saturated heterocycles. The first-order chi connectivity index (χ1) is 9.63. The maximum Gasteiger partial charge on any atom is 0.333 e. The van der Waals surface area contributed by atoms with Crippen LogP contribution in [0.5, 0.6) is 0 Å². The zero-order chi connectivity index (χ0) is 14.8. The van der Waals surface area contributed by atoms with E-state index in [0.717, 1.165) is 26.4 Å². The molecule has 2 rings (SSSR count). The molecule has 2 atom stereocenters. The average Bonchev–Trinajstić information content (AvgIpc) is 3.29. The van der Waals surface area contributed by atoms with Crippen molar-refractivity contribution in [1.29, 1.82) is 0 Å². The molecule has 0 aromatic carbocycles. The Kier molecular flexibility index (Phi) is 8.45. The Labute approximate surface area is 119 Å². The fourth-order valence-corrected chi connectivity index (χ4v) is 1.16. The number of epoxide rings is 2. The van der Waals surface area contributed by atoms with E-state index in [1.54, 1.807) is 6.92 Å². The first-order valence-corrected chi connectivity index (χ1v) is 6.88. The van der Waals surface area contributed by atoms with E-state index < -0.39 is 0 Å². The van der Waals surface area contributed by atoms with Crippen molar-refractivity contribution >= 4 is 5.97 Å². The largest absolute Gasteiger partial charge is 0.462 e. The van der Waals surface area contributed by atoms with Gasteiger partial charge < -0.3 is 24.1 Å². The fraction of sp³-hybridized carbons (Fsp3) is 0.786. The summed E-state index contributed by atoms with van der Waals surface area (Å²) in [5.74, 6) is -0.358. The molecular formula is C14H24O6. The number of unbranched alkanes of at least 4 members (excludes halogenated alkanes) is 1. The topological polar surface area (TPSA) is 80.8 Å². The SMILES string of the molecule is C(OCC1CO1)C1CO1.C=C(C)C(=O)OCCCCO. The molecule has 2 fully saturated rings. The molecule has 0 aromatic heterocycles. The van der Waals surface area contributed by atoms with Crippen LogP contribution in [0.15, 0.2) is 12.2 Å². The molecule has 2 aliphatic heterocycles. The highest BCUT2D eigenvalue weighted by Crippen LogP contribution is 2.12. The standard InChI is InChI=1S/C8H14O3.C6H10O3/c1-7(2)8(10)11-6-4-3-5-9;1(5-3-8-5)7-2-6-4-9-6/h9H,1,3-6H2,2H3;5-6H,1-4H2. The molecule has 1 N–H and O–H groups in total. The Balaban J connectivity index is 0.000000202. The summed E-state index contributed by atoms with van der Waals surface area (Å²) in [6.45, 7) is 8.81. The zero-order valence-corrected chi connectivity index (χ0v) is 12.0. The fourth-order valence-electron chi connectivity index (χ4n) is 1.16. The Morgan fingerprint density at radius 2 is 1.80 bits per heavy atom. The molecule has 0 bridgehead atoms. The van der Waals surface area contributed by atoms with E-state index in [-0.39, 0.29) is 12.6 Å². The summed E-state index contributed by atoms with van der Waals surface area (Å²) >= 11 is 0. The highest BCUT2D eigenvalue weighted by Gasteiger charge is 2.26. The molecular weight excluding hydrogens is 264 g/mol. The molecule has 20 heavy (non-hydrogen) atoms. The molecule has 2 aliphatic rings. The predicted octanol–water partition coefficient (Wildman–Crippen LogP) is 0.679. The normalized spacial score (nSPS) is 22.5. The second-order valence-electron chi connectivity index (χ2n) is 4.80. The number of ether oxygens (including phenoxy) is 4. The highest BCUT2D eigenvalue weighted by atomic mass is 16.6. The van der Waals surface area contributed by atoms with Gasteiger partial charge in [0.25, 0.3) is 0 Å². The Morgan fingerprint density at radius 1 is 1.25 bits per heavy atom. The summed E-state index contributed by atoms with van der Waals surface area (Å²) in [6, 6.07) is 0. The maximum atomic E-state index is 10.7. The van der Waals surface area contributed by atoms with E-state index in [2.05, 4.69) is 6.58 Å². The van der Waals surface area contributed by atoms with Crippen LogP contribution in [-0.2, 0) is 23.7 Å². The summed E-state index contributed by atoms with van der Waals surface area (Å²) in [5.41, 5.74) is 0.411. The molecule has 6 heteroatoms. The second kappa shape index (κ2) is 9.88. The van der Waals surface area contributed by atoms with Gasteiger partial charge in [-0.2, -0.15) is 0 Å². The van der Waals surface area contributed by atoms with E-state index in [4.69, 9.17) is 24.1 Å². The van der Waals surface area contributed by atoms with Gasteiger partial charge in [0.15, 0.2) is 0 Å². The van der Waals surface area contributed by atoms with Gasteiger partial charge in [0.05, 0.1) is 33.0 Å². The Bertz CT molecular complexity index is 284. The number of carbonyl (C=O) groups excluding carboxylic acids is 1. The Morgan fingerprint density at radius 3 is 2.20 bits per heavy atom. The minimum absolute atomic E-state index is 0.143. The number of esters is 1. The van der Waals surface area contributed by atoms with Crippen LogP contribution in [0.1, 0.15) is 19.8 Å². The van der Waals surface area contributed by atoms with Crippen molar-refractivity contribution in [1.82, 2.24) is 0 Å². The number of hydrogen-bond acceptors (Lipinski definition) is 6. The van der Waals surface area contributed by atoms with Crippen molar-refractivity contribution in [3.05, 3.63) is 12.2 Å². The molecule has 0 amide bonds. The minimum atomic E-state index is -0.358. The quantitative estimate of drug-likeness (QED) is 0.291. The number of hydrogen-bond donors (Lipinski definition) is 1. The van der Waals surface area contributed by atoms with E-state index in [0.29, 0.717) is 37.2 Å². The van der Waals surface area contributed by atoms with Crippen LogP contribution in [0.4, 0.5) is 0 Å². The van der Waals surface area contributed by atoms with Crippen molar-refractivity contribution in [3.63, 3.8) is 0 Å². The Hall–Kier alpha value is -0.950. The van der Waals surface area contributed by atoms with Crippen LogP contribution >= 0.6 is 0 Å². The van der Waals surface area contributed by atoms with Crippen LogP contribution in [0, 0.1) is 0 Å². The van der Waals surface area contributed by atoms with Gasteiger partial charge >= 0.3 is 5.97 Å². The van der Waals surface area contributed by atoms with Gasteiger partial charge in [0.1, 0.15) is 12.2 Å². The van der Waals surface area contributed by atoms with Crippen LogP contribution < -0.4 is 0 Å². The molecule has 0 saturated carbocycles. The number of aliphatic hydroxyl groups is 1. The predicted molar refractivity (Wildman–Crippen MR) is 72.4 cm³/mol. The monoisotopic (exact) mass is 288 g/mol. The lowest BCUT2D eigenvalue weighted by molar-refractivity contribution is -0.139. The van der Waals surface area contributed by atoms with Gasteiger partial charge in [-0.15, -0.1) is 0 Å². The highest BCUT2D eigenvalue weighted by molar-refractivity contribution is 5.86. The summed E-state index contributed by atoms with van der Waals surface area (Å²) in [5, 5.41) is 8.38. The number of aliphatic hydroxyl groups excluding tert-OH is 1. The third-order valence-electron chi connectivity index (χ3n) is 2.55. The van der Waals surface area contributed by atoms with Crippen LogP contribution in [0.25, 0.3) is 0 Å². The van der Waals surface area contributed by atoms with Crippen molar-refractivity contribution in [2.45, 2.75) is 32.0 Å². The lowest BCUT2D eigenvalue weighted by Crippen LogP contribution is -2.06.